The number of hydrogen-bond donors (Lipinski definition) is 1. The topological polar surface area (TPSA) is 74.2 Å². The van der Waals surface area contributed by atoms with Crippen molar-refractivity contribution in [1.29, 1.82) is 0 Å². The second kappa shape index (κ2) is 5.35. The van der Waals surface area contributed by atoms with Crippen molar-refractivity contribution in [2.45, 2.75) is 24.8 Å². The lowest BCUT2D eigenvalue weighted by atomic mass is 9.96. The molecule has 2 atom stereocenters. The minimum atomic E-state index is -0.405. The minimum Gasteiger partial charge on any atom is -0.493 e. The predicted octanol–water partition coefficient (Wildman–Crippen LogP) is 1.81. The Morgan fingerprint density at radius 1 is 1.45 bits per heavy atom. The Hall–Kier alpha value is -2.32. The number of rotatable bonds is 3. The zero-order valence-electron chi connectivity index (χ0n) is 11.0. The molecule has 2 heterocycles. The molecule has 0 radical (unpaired) electrons. The van der Waals surface area contributed by atoms with Crippen molar-refractivity contribution < 1.29 is 9.26 Å². The standard InChI is InChI=1S/C15H15N3O2/c1-2-5-12(16)15-17-14(18-20-15)11-8-10-6-3-4-7-13(10)19-9-11/h1,3-4,6-7,11-12H,5,8-9,16H2. The van der Waals surface area contributed by atoms with Crippen LogP contribution in [0.1, 0.15) is 35.7 Å². The number of ether oxygens (including phenoxy) is 1. The summed E-state index contributed by atoms with van der Waals surface area (Å²) < 4.78 is 10.9. The van der Waals surface area contributed by atoms with Crippen molar-refractivity contribution >= 4 is 0 Å². The molecule has 2 unspecified atom stereocenters. The molecule has 1 aromatic heterocycles. The molecule has 102 valence electrons. The van der Waals surface area contributed by atoms with E-state index in [2.05, 4.69) is 16.1 Å². The number of nitrogens with zero attached hydrogens (tertiary/aromatic N) is 2. The van der Waals surface area contributed by atoms with Crippen LogP contribution in [-0.4, -0.2) is 16.7 Å². The normalized spacial score (nSPS) is 18.7. The number of hydrogen-bond acceptors (Lipinski definition) is 5. The number of benzene rings is 1. The number of aromatic nitrogens is 2. The first-order valence-corrected chi connectivity index (χ1v) is 6.51. The van der Waals surface area contributed by atoms with Gasteiger partial charge in [-0.1, -0.05) is 23.4 Å². The van der Waals surface area contributed by atoms with E-state index in [1.165, 1.54) is 0 Å². The van der Waals surface area contributed by atoms with Gasteiger partial charge in [-0.25, -0.2) is 0 Å². The molecule has 0 saturated carbocycles. The molecule has 0 bridgehead atoms. The Balaban J connectivity index is 1.77. The summed E-state index contributed by atoms with van der Waals surface area (Å²) in [6.45, 7) is 0.542. The Kier molecular flexibility index (Phi) is 3.40. The lowest BCUT2D eigenvalue weighted by molar-refractivity contribution is 0.253. The highest BCUT2D eigenvalue weighted by Gasteiger charge is 2.26. The molecule has 0 spiro atoms. The average molecular weight is 269 g/mol. The Bertz CT molecular complexity index is 645. The molecule has 0 aliphatic carbocycles. The van der Waals surface area contributed by atoms with Crippen molar-refractivity contribution in [3.05, 3.63) is 41.5 Å². The summed E-state index contributed by atoms with van der Waals surface area (Å²) in [4.78, 5) is 4.35. The highest BCUT2D eigenvalue weighted by atomic mass is 16.5. The zero-order chi connectivity index (χ0) is 13.9. The van der Waals surface area contributed by atoms with Crippen LogP contribution < -0.4 is 10.5 Å². The summed E-state index contributed by atoms with van der Waals surface area (Å²) >= 11 is 0. The third-order valence-corrected chi connectivity index (χ3v) is 3.36. The summed E-state index contributed by atoms with van der Waals surface area (Å²) in [6, 6.07) is 7.57. The van der Waals surface area contributed by atoms with Crippen LogP contribution in [0, 0.1) is 12.3 Å². The lowest BCUT2D eigenvalue weighted by Gasteiger charge is -2.22. The third-order valence-electron chi connectivity index (χ3n) is 3.36. The van der Waals surface area contributed by atoms with Gasteiger partial charge in [0, 0.05) is 6.42 Å². The maximum Gasteiger partial charge on any atom is 0.244 e. The van der Waals surface area contributed by atoms with Crippen LogP contribution in [0.15, 0.2) is 28.8 Å². The summed E-state index contributed by atoms with van der Waals surface area (Å²) in [5.41, 5.74) is 7.01. The SMILES string of the molecule is C#CCC(N)c1nc(C2COc3ccccc3C2)no1. The van der Waals surface area contributed by atoms with Gasteiger partial charge in [0.1, 0.15) is 5.75 Å². The summed E-state index contributed by atoms with van der Waals surface area (Å²) in [6.07, 6.45) is 6.44. The quantitative estimate of drug-likeness (QED) is 0.860. The van der Waals surface area contributed by atoms with Gasteiger partial charge >= 0.3 is 0 Å². The van der Waals surface area contributed by atoms with Gasteiger partial charge in [0.05, 0.1) is 18.6 Å². The van der Waals surface area contributed by atoms with Crippen molar-refractivity contribution in [3.63, 3.8) is 0 Å². The highest BCUT2D eigenvalue weighted by Crippen LogP contribution is 2.31. The van der Waals surface area contributed by atoms with E-state index < -0.39 is 6.04 Å². The fraction of sp³-hybridized carbons (Fsp3) is 0.333. The van der Waals surface area contributed by atoms with Gasteiger partial charge < -0.3 is 15.0 Å². The van der Waals surface area contributed by atoms with Gasteiger partial charge in [0.2, 0.25) is 5.89 Å². The molecule has 1 aliphatic heterocycles. The Morgan fingerprint density at radius 3 is 3.15 bits per heavy atom. The predicted molar refractivity (Wildman–Crippen MR) is 73.1 cm³/mol. The van der Waals surface area contributed by atoms with Crippen molar-refractivity contribution in [2.24, 2.45) is 5.73 Å². The maximum absolute atomic E-state index is 5.85. The van der Waals surface area contributed by atoms with E-state index in [1.807, 2.05) is 24.3 Å². The molecular formula is C15H15N3O2. The first kappa shape index (κ1) is 12.7. The second-order valence-corrected chi connectivity index (χ2v) is 4.83. The fourth-order valence-electron chi connectivity index (χ4n) is 2.27. The van der Waals surface area contributed by atoms with Crippen LogP contribution in [0.25, 0.3) is 0 Å². The molecule has 5 nitrogen and oxygen atoms in total. The van der Waals surface area contributed by atoms with E-state index in [9.17, 15) is 0 Å². The van der Waals surface area contributed by atoms with E-state index in [0.717, 1.165) is 17.7 Å². The van der Waals surface area contributed by atoms with E-state index >= 15 is 0 Å². The fourth-order valence-corrected chi connectivity index (χ4v) is 2.27. The lowest BCUT2D eigenvalue weighted by Crippen LogP contribution is -2.20. The van der Waals surface area contributed by atoms with E-state index in [4.69, 9.17) is 21.4 Å². The van der Waals surface area contributed by atoms with E-state index in [1.54, 1.807) is 0 Å². The van der Waals surface area contributed by atoms with Crippen LogP contribution in [0.3, 0.4) is 0 Å². The second-order valence-electron chi connectivity index (χ2n) is 4.83. The van der Waals surface area contributed by atoms with Crippen molar-refractivity contribution in [3.8, 4) is 18.1 Å². The van der Waals surface area contributed by atoms with Crippen LogP contribution in [0.5, 0.6) is 5.75 Å². The maximum atomic E-state index is 5.85. The van der Waals surface area contributed by atoms with E-state index in [0.29, 0.717) is 24.7 Å². The Labute approximate surface area is 117 Å². The number of terminal acetylenes is 1. The molecular weight excluding hydrogens is 254 g/mol. The molecule has 2 N–H and O–H groups in total. The molecule has 2 aromatic rings. The molecule has 5 heteroatoms. The number of para-hydroxylation sites is 1. The van der Waals surface area contributed by atoms with Gasteiger partial charge in [0.15, 0.2) is 5.82 Å². The molecule has 0 fully saturated rings. The first-order valence-electron chi connectivity index (χ1n) is 6.51. The summed E-state index contributed by atoms with van der Waals surface area (Å²) in [5, 5.41) is 4.00. The smallest absolute Gasteiger partial charge is 0.244 e. The van der Waals surface area contributed by atoms with Crippen LogP contribution in [0.4, 0.5) is 0 Å². The summed E-state index contributed by atoms with van der Waals surface area (Å²) in [5.74, 6) is 4.51. The van der Waals surface area contributed by atoms with Crippen LogP contribution in [0.2, 0.25) is 0 Å². The molecule has 3 rings (SSSR count). The molecule has 20 heavy (non-hydrogen) atoms. The van der Waals surface area contributed by atoms with Crippen molar-refractivity contribution in [2.75, 3.05) is 6.61 Å². The monoisotopic (exact) mass is 269 g/mol. The number of fused-ring (bicyclic) bond motifs is 1. The van der Waals surface area contributed by atoms with Gasteiger partial charge in [-0.2, -0.15) is 4.98 Å². The van der Waals surface area contributed by atoms with Crippen LogP contribution >= 0.6 is 0 Å². The zero-order valence-corrected chi connectivity index (χ0v) is 11.0. The molecule has 1 aliphatic rings. The Morgan fingerprint density at radius 2 is 2.30 bits per heavy atom. The van der Waals surface area contributed by atoms with Crippen LogP contribution in [-0.2, 0) is 6.42 Å². The van der Waals surface area contributed by atoms with Crippen molar-refractivity contribution in [1.82, 2.24) is 10.1 Å². The van der Waals surface area contributed by atoms with Gasteiger partial charge in [-0.15, -0.1) is 12.3 Å². The first-order chi connectivity index (χ1) is 9.78. The minimum absolute atomic E-state index is 0.0837. The molecule has 0 amide bonds. The molecule has 0 saturated heterocycles. The van der Waals surface area contributed by atoms with E-state index in [-0.39, 0.29) is 5.92 Å². The number of nitrogens with two attached hydrogens (primary N) is 1. The van der Waals surface area contributed by atoms with Gasteiger partial charge in [-0.3, -0.25) is 0 Å². The molecule has 1 aromatic carbocycles. The van der Waals surface area contributed by atoms with Gasteiger partial charge in [-0.05, 0) is 18.1 Å². The van der Waals surface area contributed by atoms with Gasteiger partial charge in [0.25, 0.3) is 0 Å². The largest absolute Gasteiger partial charge is 0.493 e. The highest BCUT2D eigenvalue weighted by molar-refractivity contribution is 5.36. The average Bonchev–Trinajstić information content (AvgIpc) is 2.97. The summed E-state index contributed by atoms with van der Waals surface area (Å²) in [7, 11) is 0. The third kappa shape index (κ3) is 2.38.